The lowest BCUT2D eigenvalue weighted by Crippen LogP contribution is -2.30. The van der Waals surface area contributed by atoms with E-state index in [2.05, 4.69) is 71.5 Å². The van der Waals surface area contributed by atoms with Gasteiger partial charge in [-0.2, -0.15) is 0 Å². The van der Waals surface area contributed by atoms with Crippen molar-refractivity contribution in [3.05, 3.63) is 76.3 Å². The Balaban J connectivity index is 1.29. The van der Waals surface area contributed by atoms with Crippen molar-refractivity contribution in [3.63, 3.8) is 0 Å². The molecule has 0 amide bonds. The first-order valence-corrected chi connectivity index (χ1v) is 11.7. The fourth-order valence-electron chi connectivity index (χ4n) is 4.57. The molecular formula is C25H29N3S. The molecule has 0 radical (unpaired) electrons. The van der Waals surface area contributed by atoms with Gasteiger partial charge in [-0.25, -0.2) is 4.98 Å². The highest BCUT2D eigenvalue weighted by Crippen LogP contribution is 2.35. The molecule has 1 aromatic heterocycles. The second-order valence-electron chi connectivity index (χ2n) is 8.35. The summed E-state index contributed by atoms with van der Waals surface area (Å²) in [6.45, 7) is 6.74. The fraction of sp³-hybridized carbons (Fsp3) is 0.400. The van der Waals surface area contributed by atoms with E-state index < -0.39 is 0 Å². The van der Waals surface area contributed by atoms with Gasteiger partial charge in [0.1, 0.15) is 0 Å². The molecule has 5 rings (SSSR count). The first-order valence-electron chi connectivity index (χ1n) is 10.9. The molecule has 0 N–H and O–H groups in total. The summed E-state index contributed by atoms with van der Waals surface area (Å²) in [5.74, 6) is 0.383. The van der Waals surface area contributed by atoms with Crippen LogP contribution in [-0.2, 0) is 13.0 Å². The highest BCUT2D eigenvalue weighted by atomic mass is 32.1. The molecule has 0 aliphatic carbocycles. The molecule has 150 valence electrons. The van der Waals surface area contributed by atoms with Crippen molar-refractivity contribution >= 4 is 22.2 Å². The summed E-state index contributed by atoms with van der Waals surface area (Å²) in [6.07, 6.45) is 7.22. The molecule has 4 heteroatoms. The quantitative estimate of drug-likeness (QED) is 0.545. The maximum absolute atomic E-state index is 4.79. The van der Waals surface area contributed by atoms with Gasteiger partial charge in [-0.05, 0) is 54.5 Å². The Bertz CT molecular complexity index is 956. The molecule has 1 atom stereocenters. The smallest absolute Gasteiger partial charge is 0.185 e. The average molecular weight is 404 g/mol. The number of thiazole rings is 1. The first kappa shape index (κ1) is 18.7. The normalized spacial score (nSPS) is 17.8. The minimum absolute atomic E-state index is 0.383. The Morgan fingerprint density at radius 2 is 1.62 bits per heavy atom. The zero-order valence-electron chi connectivity index (χ0n) is 17.2. The maximum atomic E-state index is 4.79. The highest BCUT2D eigenvalue weighted by molar-refractivity contribution is 7.15. The summed E-state index contributed by atoms with van der Waals surface area (Å²) in [4.78, 5) is 11.1. The third kappa shape index (κ3) is 3.91. The molecular weight excluding hydrogens is 374 g/mol. The van der Waals surface area contributed by atoms with Crippen LogP contribution in [0.5, 0.6) is 0 Å². The van der Waals surface area contributed by atoms with Crippen LogP contribution in [0.3, 0.4) is 0 Å². The third-order valence-electron chi connectivity index (χ3n) is 6.45. The van der Waals surface area contributed by atoms with Crippen LogP contribution in [0.2, 0.25) is 0 Å². The molecule has 1 fully saturated rings. The fourth-order valence-corrected chi connectivity index (χ4v) is 5.59. The second kappa shape index (κ2) is 8.19. The van der Waals surface area contributed by atoms with Gasteiger partial charge >= 0.3 is 0 Å². The van der Waals surface area contributed by atoms with Crippen LogP contribution in [0.1, 0.15) is 53.7 Å². The zero-order chi connectivity index (χ0) is 19.6. The highest BCUT2D eigenvalue weighted by Gasteiger charge is 2.20. The predicted octanol–water partition coefficient (Wildman–Crippen LogP) is 5.85. The van der Waals surface area contributed by atoms with E-state index >= 15 is 0 Å². The molecule has 0 saturated carbocycles. The Kier molecular flexibility index (Phi) is 5.28. The van der Waals surface area contributed by atoms with Gasteiger partial charge in [0.25, 0.3) is 0 Å². The summed E-state index contributed by atoms with van der Waals surface area (Å²) in [5.41, 5.74) is 5.68. The Hall–Kier alpha value is -2.33. The van der Waals surface area contributed by atoms with Crippen LogP contribution in [0.15, 0.2) is 54.7 Å². The predicted molar refractivity (Wildman–Crippen MR) is 123 cm³/mol. The number of hydrogen-bond acceptors (Lipinski definition) is 4. The van der Waals surface area contributed by atoms with Crippen molar-refractivity contribution in [1.29, 1.82) is 0 Å². The number of nitrogens with zero attached hydrogens (tertiary/aromatic N) is 3. The number of fused-ring (bicyclic) bond motifs is 1. The Labute approximate surface area is 178 Å². The van der Waals surface area contributed by atoms with Crippen LogP contribution in [0.25, 0.3) is 0 Å². The minimum atomic E-state index is 0.383. The molecule has 0 spiro atoms. The largest absolute Gasteiger partial charge is 0.372 e. The van der Waals surface area contributed by atoms with Crippen molar-refractivity contribution < 1.29 is 0 Å². The number of hydrogen-bond donors (Lipinski definition) is 0. The molecule has 3 heterocycles. The molecule has 1 saturated heterocycles. The Morgan fingerprint density at radius 1 is 0.862 bits per heavy atom. The minimum Gasteiger partial charge on any atom is -0.372 e. The van der Waals surface area contributed by atoms with E-state index in [-0.39, 0.29) is 0 Å². The standard InChI is InChI=1S/C25H29N3S/c1-19(20-9-11-23(12-10-20)27-14-5-2-6-15-27)24-17-26-25(29-24)28-16-13-21-7-3-4-8-22(21)18-28/h3-4,7-12,17,19H,2,5-6,13-16,18H2,1H3. The van der Waals surface area contributed by atoms with E-state index in [1.54, 1.807) is 0 Å². The van der Waals surface area contributed by atoms with Crippen LogP contribution in [0, 0.1) is 0 Å². The van der Waals surface area contributed by atoms with E-state index in [0.29, 0.717) is 5.92 Å². The Morgan fingerprint density at radius 3 is 2.41 bits per heavy atom. The van der Waals surface area contributed by atoms with Crippen molar-refractivity contribution in [1.82, 2.24) is 4.98 Å². The summed E-state index contributed by atoms with van der Waals surface area (Å²) >= 11 is 1.85. The number of anilines is 2. The number of rotatable bonds is 4. The van der Waals surface area contributed by atoms with Gasteiger partial charge in [-0.15, -0.1) is 11.3 Å². The van der Waals surface area contributed by atoms with Crippen LogP contribution >= 0.6 is 11.3 Å². The van der Waals surface area contributed by atoms with E-state index in [4.69, 9.17) is 4.98 Å². The van der Waals surface area contributed by atoms with Crippen LogP contribution in [0.4, 0.5) is 10.8 Å². The maximum Gasteiger partial charge on any atom is 0.185 e. The van der Waals surface area contributed by atoms with Crippen molar-refractivity contribution in [2.24, 2.45) is 0 Å². The number of benzene rings is 2. The van der Waals surface area contributed by atoms with Gasteiger partial charge in [0.05, 0.1) is 0 Å². The van der Waals surface area contributed by atoms with E-state index in [0.717, 1.165) is 24.6 Å². The summed E-state index contributed by atoms with van der Waals surface area (Å²) < 4.78 is 0. The topological polar surface area (TPSA) is 19.4 Å². The van der Waals surface area contributed by atoms with E-state index in [1.807, 2.05) is 11.3 Å². The van der Waals surface area contributed by atoms with Crippen molar-refractivity contribution in [3.8, 4) is 0 Å². The van der Waals surface area contributed by atoms with Gasteiger partial charge in [-0.1, -0.05) is 43.3 Å². The van der Waals surface area contributed by atoms with E-state index in [9.17, 15) is 0 Å². The number of aromatic nitrogens is 1. The molecule has 2 aliphatic rings. The summed E-state index contributed by atoms with van der Waals surface area (Å²) in [5, 5.41) is 1.16. The summed E-state index contributed by atoms with van der Waals surface area (Å²) in [6, 6.07) is 18.0. The monoisotopic (exact) mass is 403 g/mol. The molecule has 2 aromatic carbocycles. The second-order valence-corrected chi connectivity index (χ2v) is 9.39. The van der Waals surface area contributed by atoms with Crippen LogP contribution in [-0.4, -0.2) is 24.6 Å². The third-order valence-corrected chi connectivity index (χ3v) is 7.69. The average Bonchev–Trinajstić information content (AvgIpc) is 3.29. The summed E-state index contributed by atoms with van der Waals surface area (Å²) in [7, 11) is 0. The molecule has 0 bridgehead atoms. The lowest BCUT2D eigenvalue weighted by molar-refractivity contribution is 0.578. The molecule has 3 aromatic rings. The van der Waals surface area contributed by atoms with Gasteiger partial charge in [0.2, 0.25) is 0 Å². The lowest BCUT2D eigenvalue weighted by Gasteiger charge is -2.29. The zero-order valence-corrected chi connectivity index (χ0v) is 18.0. The van der Waals surface area contributed by atoms with E-state index in [1.165, 1.54) is 59.6 Å². The lowest BCUT2D eigenvalue weighted by atomic mass is 9.99. The van der Waals surface area contributed by atoms with Gasteiger partial charge in [0.15, 0.2) is 5.13 Å². The van der Waals surface area contributed by atoms with Crippen molar-refractivity contribution in [2.75, 3.05) is 29.4 Å². The van der Waals surface area contributed by atoms with Gasteiger partial charge in [0, 0.05) is 48.9 Å². The number of piperidine rings is 1. The molecule has 3 nitrogen and oxygen atoms in total. The first-order chi connectivity index (χ1) is 14.3. The molecule has 2 aliphatic heterocycles. The molecule has 1 unspecified atom stereocenters. The van der Waals surface area contributed by atoms with Gasteiger partial charge < -0.3 is 9.80 Å². The molecule has 29 heavy (non-hydrogen) atoms. The van der Waals surface area contributed by atoms with Gasteiger partial charge in [-0.3, -0.25) is 0 Å². The SMILES string of the molecule is CC(c1ccc(N2CCCCC2)cc1)c1cnc(N2CCc3ccccc3C2)s1. The van der Waals surface area contributed by atoms with Crippen LogP contribution < -0.4 is 9.80 Å². The van der Waals surface area contributed by atoms with Crippen molar-refractivity contribution in [2.45, 2.75) is 45.1 Å².